The monoisotopic (exact) mass is 345 g/mol. The van der Waals surface area contributed by atoms with E-state index in [1.54, 1.807) is 0 Å². The zero-order chi connectivity index (χ0) is 17.7. The normalized spacial score (nSPS) is 17.4. The van der Waals surface area contributed by atoms with Gasteiger partial charge < -0.3 is 9.88 Å². The minimum atomic E-state index is -0.0402. The number of fused-ring (bicyclic) bond motifs is 2. The van der Waals surface area contributed by atoms with Gasteiger partial charge in [-0.1, -0.05) is 24.3 Å². The number of benzene rings is 2. The van der Waals surface area contributed by atoms with Crippen LogP contribution in [-0.2, 0) is 0 Å². The van der Waals surface area contributed by atoms with Crippen LogP contribution in [0.15, 0.2) is 42.5 Å². The number of aromatic amines is 2. The molecule has 1 aliphatic heterocycles. The third-order valence-electron chi connectivity index (χ3n) is 5.16. The highest BCUT2D eigenvalue weighted by molar-refractivity contribution is 6.04. The summed E-state index contributed by atoms with van der Waals surface area (Å²) in [6, 6.07) is 13.9. The van der Waals surface area contributed by atoms with Gasteiger partial charge in [0.2, 0.25) is 0 Å². The Morgan fingerprint density at radius 1 is 1.19 bits per heavy atom. The van der Waals surface area contributed by atoms with Gasteiger partial charge in [0.25, 0.3) is 5.91 Å². The molecule has 0 unspecified atom stereocenters. The van der Waals surface area contributed by atoms with Crippen molar-refractivity contribution < 1.29 is 4.79 Å². The van der Waals surface area contributed by atoms with Crippen molar-refractivity contribution in [3.8, 4) is 0 Å². The first kappa shape index (κ1) is 15.1. The number of aryl methyl sites for hydroxylation is 1. The van der Waals surface area contributed by atoms with E-state index in [0.29, 0.717) is 5.69 Å². The van der Waals surface area contributed by atoms with E-state index in [-0.39, 0.29) is 11.9 Å². The third kappa shape index (κ3) is 2.29. The lowest BCUT2D eigenvalue weighted by Gasteiger charge is -2.22. The fraction of sp³-hybridized carbons (Fsp3) is 0.250. The van der Waals surface area contributed by atoms with Gasteiger partial charge in [0.05, 0.1) is 22.6 Å². The van der Waals surface area contributed by atoms with Crippen LogP contribution < -0.4 is 0 Å². The highest BCUT2D eigenvalue weighted by Crippen LogP contribution is 2.33. The van der Waals surface area contributed by atoms with E-state index in [2.05, 4.69) is 34.2 Å². The number of H-pyrrole nitrogens is 2. The molecule has 1 aliphatic rings. The molecule has 0 bridgehead atoms. The van der Waals surface area contributed by atoms with Gasteiger partial charge in [-0.2, -0.15) is 5.10 Å². The molecule has 1 saturated heterocycles. The van der Waals surface area contributed by atoms with Crippen LogP contribution in [0, 0.1) is 6.92 Å². The van der Waals surface area contributed by atoms with Crippen molar-refractivity contribution in [3.63, 3.8) is 0 Å². The second-order valence-corrected chi connectivity index (χ2v) is 6.92. The topological polar surface area (TPSA) is 77.7 Å². The maximum atomic E-state index is 13.2. The van der Waals surface area contributed by atoms with Crippen LogP contribution in [0.3, 0.4) is 0 Å². The molecule has 0 spiro atoms. The lowest BCUT2D eigenvalue weighted by atomic mass is 10.1. The van der Waals surface area contributed by atoms with Gasteiger partial charge >= 0.3 is 0 Å². The van der Waals surface area contributed by atoms with Gasteiger partial charge in [-0.05, 0) is 43.5 Å². The standard InChI is InChI=1S/C20H19N5O/c1-12-8-9-15-16(11-12)22-19(21-15)17-7-4-10-25(17)20(26)18-13-5-2-3-6-14(13)23-24-18/h2-3,5-6,8-9,11,17H,4,7,10H2,1H3,(H,21,22)(H,23,24)/t17-/m0/s1. The number of carbonyl (C=O) groups is 1. The number of para-hydroxylation sites is 1. The van der Waals surface area contributed by atoms with Crippen LogP contribution >= 0.6 is 0 Å². The maximum absolute atomic E-state index is 13.2. The molecule has 26 heavy (non-hydrogen) atoms. The van der Waals surface area contributed by atoms with Crippen LogP contribution in [0.2, 0.25) is 0 Å². The molecule has 5 rings (SSSR count). The van der Waals surface area contributed by atoms with Crippen LogP contribution in [0.5, 0.6) is 0 Å². The van der Waals surface area contributed by atoms with Crippen molar-refractivity contribution in [2.45, 2.75) is 25.8 Å². The Hall–Kier alpha value is -3.15. The molecule has 2 aromatic heterocycles. The highest BCUT2D eigenvalue weighted by atomic mass is 16.2. The Labute approximate surface area is 150 Å². The molecular formula is C20H19N5O. The third-order valence-corrected chi connectivity index (χ3v) is 5.16. The zero-order valence-electron chi connectivity index (χ0n) is 14.5. The number of hydrogen-bond donors (Lipinski definition) is 2. The predicted molar refractivity (Wildman–Crippen MR) is 99.9 cm³/mol. The Kier molecular flexibility index (Phi) is 3.31. The van der Waals surface area contributed by atoms with Crippen molar-refractivity contribution in [2.24, 2.45) is 0 Å². The van der Waals surface area contributed by atoms with Gasteiger partial charge in [0.1, 0.15) is 5.82 Å². The number of nitrogens with one attached hydrogen (secondary N) is 2. The molecule has 0 saturated carbocycles. The summed E-state index contributed by atoms with van der Waals surface area (Å²) in [5, 5.41) is 8.09. The molecule has 6 heteroatoms. The van der Waals surface area contributed by atoms with Crippen molar-refractivity contribution in [1.82, 2.24) is 25.1 Å². The number of amides is 1. The second kappa shape index (κ2) is 5.69. The fourth-order valence-corrected chi connectivity index (χ4v) is 3.86. The number of hydrogen-bond acceptors (Lipinski definition) is 3. The number of rotatable bonds is 2. The Bertz CT molecular complexity index is 1130. The Balaban J connectivity index is 1.52. The van der Waals surface area contributed by atoms with Gasteiger partial charge in [-0.25, -0.2) is 4.98 Å². The number of nitrogens with zero attached hydrogens (tertiary/aromatic N) is 3. The first-order valence-electron chi connectivity index (χ1n) is 8.91. The van der Waals surface area contributed by atoms with E-state index in [1.165, 1.54) is 5.56 Å². The SMILES string of the molecule is Cc1ccc2nc([C@@H]3CCCN3C(=O)c3n[nH]c4ccccc34)[nH]c2c1. The molecular weight excluding hydrogens is 326 g/mol. The van der Waals surface area contributed by atoms with Crippen LogP contribution in [0.4, 0.5) is 0 Å². The molecule has 6 nitrogen and oxygen atoms in total. The number of carbonyl (C=O) groups excluding carboxylic acids is 1. The molecule has 2 aromatic carbocycles. The second-order valence-electron chi connectivity index (χ2n) is 6.92. The molecule has 1 atom stereocenters. The minimum Gasteiger partial charge on any atom is -0.340 e. The van der Waals surface area contributed by atoms with E-state index < -0.39 is 0 Å². The zero-order valence-corrected chi connectivity index (χ0v) is 14.5. The molecule has 1 fully saturated rings. The van der Waals surface area contributed by atoms with E-state index in [4.69, 9.17) is 4.98 Å². The van der Waals surface area contributed by atoms with Crippen LogP contribution in [0.25, 0.3) is 21.9 Å². The minimum absolute atomic E-state index is 0.0364. The summed E-state index contributed by atoms with van der Waals surface area (Å²) in [4.78, 5) is 23.2. The number of imidazole rings is 1. The smallest absolute Gasteiger partial charge is 0.275 e. The van der Waals surface area contributed by atoms with Crippen molar-refractivity contribution in [1.29, 1.82) is 0 Å². The lowest BCUT2D eigenvalue weighted by Crippen LogP contribution is -2.31. The summed E-state index contributed by atoms with van der Waals surface area (Å²) in [5.74, 6) is 0.817. The molecule has 1 amide bonds. The van der Waals surface area contributed by atoms with E-state index in [9.17, 15) is 4.79 Å². The van der Waals surface area contributed by atoms with Gasteiger partial charge in [0.15, 0.2) is 5.69 Å². The Morgan fingerprint density at radius 3 is 3.00 bits per heavy atom. The lowest BCUT2D eigenvalue weighted by molar-refractivity contribution is 0.0726. The largest absolute Gasteiger partial charge is 0.340 e. The summed E-state index contributed by atoms with van der Waals surface area (Å²) in [5.41, 5.74) is 4.51. The summed E-state index contributed by atoms with van der Waals surface area (Å²) in [7, 11) is 0. The first-order valence-corrected chi connectivity index (χ1v) is 8.91. The summed E-state index contributed by atoms with van der Waals surface area (Å²) >= 11 is 0. The first-order chi connectivity index (χ1) is 12.7. The van der Waals surface area contributed by atoms with Gasteiger partial charge in [-0.15, -0.1) is 0 Å². The van der Waals surface area contributed by atoms with E-state index >= 15 is 0 Å². The molecule has 0 aliphatic carbocycles. The van der Waals surface area contributed by atoms with Crippen molar-refractivity contribution in [2.75, 3.05) is 6.54 Å². The average molecular weight is 345 g/mol. The summed E-state index contributed by atoms with van der Waals surface area (Å²) < 4.78 is 0. The van der Waals surface area contributed by atoms with E-state index in [1.807, 2.05) is 35.2 Å². The van der Waals surface area contributed by atoms with Gasteiger partial charge in [0, 0.05) is 11.9 Å². The molecule has 3 heterocycles. The molecule has 0 radical (unpaired) electrons. The van der Waals surface area contributed by atoms with Crippen molar-refractivity contribution in [3.05, 3.63) is 59.5 Å². The molecule has 130 valence electrons. The quantitative estimate of drug-likeness (QED) is 0.581. The highest BCUT2D eigenvalue weighted by Gasteiger charge is 2.34. The van der Waals surface area contributed by atoms with Crippen molar-refractivity contribution >= 4 is 27.8 Å². The average Bonchev–Trinajstić information content (AvgIpc) is 3.37. The molecule has 4 aromatic rings. The predicted octanol–water partition coefficient (Wildman–Crippen LogP) is 3.72. The fourth-order valence-electron chi connectivity index (χ4n) is 3.86. The van der Waals surface area contributed by atoms with Crippen LogP contribution in [0.1, 0.15) is 40.8 Å². The Morgan fingerprint density at radius 2 is 2.08 bits per heavy atom. The van der Waals surface area contributed by atoms with E-state index in [0.717, 1.165) is 47.1 Å². The summed E-state index contributed by atoms with van der Waals surface area (Å²) in [6.07, 6.45) is 1.88. The summed E-state index contributed by atoms with van der Waals surface area (Å²) in [6.45, 7) is 2.79. The molecule has 2 N–H and O–H groups in total. The maximum Gasteiger partial charge on any atom is 0.275 e. The number of aromatic nitrogens is 4. The number of likely N-dealkylation sites (tertiary alicyclic amines) is 1. The van der Waals surface area contributed by atoms with Gasteiger partial charge in [-0.3, -0.25) is 9.89 Å². The van der Waals surface area contributed by atoms with Crippen LogP contribution in [-0.4, -0.2) is 37.5 Å².